The summed E-state index contributed by atoms with van der Waals surface area (Å²) >= 11 is 0. The summed E-state index contributed by atoms with van der Waals surface area (Å²) in [6.07, 6.45) is 5.87. The molecule has 0 bridgehead atoms. The molecule has 4 rings (SSSR count). The Morgan fingerprint density at radius 1 is 0.970 bits per heavy atom. The first-order valence-electron chi connectivity index (χ1n) is 10.6. The summed E-state index contributed by atoms with van der Waals surface area (Å²) in [7, 11) is 3.12. The molecule has 1 saturated heterocycles. The van der Waals surface area contributed by atoms with Gasteiger partial charge in [-0.05, 0) is 48.4 Å². The number of ether oxygens (including phenoxy) is 2. The van der Waals surface area contributed by atoms with Gasteiger partial charge >= 0.3 is 0 Å². The fourth-order valence-corrected chi connectivity index (χ4v) is 3.99. The molecule has 1 aromatic heterocycles. The number of hydrogen-bond acceptors (Lipinski definition) is 6. The minimum absolute atomic E-state index is 0.0676. The van der Waals surface area contributed by atoms with Crippen LogP contribution in [0.2, 0.25) is 0 Å². The normalized spacial score (nSPS) is 17.4. The molecule has 1 atom stereocenters. The fourth-order valence-electron chi connectivity index (χ4n) is 3.99. The second-order valence-corrected chi connectivity index (χ2v) is 7.65. The Hall–Kier alpha value is -4.07. The molecule has 33 heavy (non-hydrogen) atoms. The molecule has 1 N–H and O–H groups in total. The molecule has 0 saturated carbocycles. The zero-order valence-corrected chi connectivity index (χ0v) is 18.5. The maximum atomic E-state index is 13.1. The first kappa shape index (κ1) is 22.1. The summed E-state index contributed by atoms with van der Waals surface area (Å²) < 4.78 is 12.3. The lowest BCUT2D eigenvalue weighted by Crippen LogP contribution is -2.31. The highest BCUT2D eigenvalue weighted by Gasteiger charge is 2.45. The smallest absolute Gasteiger partial charge is 0.295 e. The summed E-state index contributed by atoms with van der Waals surface area (Å²) in [6, 6.07) is 13.1. The van der Waals surface area contributed by atoms with Gasteiger partial charge in [0.2, 0.25) is 0 Å². The highest BCUT2D eigenvalue weighted by atomic mass is 16.5. The van der Waals surface area contributed by atoms with Crippen molar-refractivity contribution in [2.24, 2.45) is 0 Å². The molecule has 1 amide bonds. The van der Waals surface area contributed by atoms with Gasteiger partial charge in [-0.15, -0.1) is 0 Å². The lowest BCUT2D eigenvalue weighted by Gasteiger charge is -2.25. The zero-order valence-electron chi connectivity index (χ0n) is 18.5. The fraction of sp³-hybridized carbons (Fsp3) is 0.240. The molecular formula is C25H25N3O5. The quantitative estimate of drug-likeness (QED) is 0.323. The van der Waals surface area contributed by atoms with E-state index in [1.807, 2.05) is 10.8 Å². The SMILES string of the molecule is COc1ccc(/C(O)=C2\C(=O)C(=O)N(CCCn3ccnc3)C2c2ccc(OC)cc2)cc1. The first-order valence-corrected chi connectivity index (χ1v) is 10.6. The number of likely N-dealkylation sites (tertiary alicyclic amines) is 1. The molecule has 1 unspecified atom stereocenters. The number of carbonyl (C=O) groups is 2. The average molecular weight is 447 g/mol. The van der Waals surface area contributed by atoms with Gasteiger partial charge in [-0.1, -0.05) is 12.1 Å². The number of imidazole rings is 1. The van der Waals surface area contributed by atoms with Crippen molar-refractivity contribution in [1.82, 2.24) is 14.5 Å². The van der Waals surface area contributed by atoms with E-state index in [1.165, 1.54) is 4.90 Å². The minimum Gasteiger partial charge on any atom is -0.507 e. The molecule has 1 fully saturated rings. The number of benzene rings is 2. The Bertz CT molecular complexity index is 1150. The Morgan fingerprint density at radius 2 is 1.61 bits per heavy atom. The third-order valence-corrected chi connectivity index (χ3v) is 5.71. The molecule has 0 radical (unpaired) electrons. The van der Waals surface area contributed by atoms with Crippen LogP contribution in [-0.2, 0) is 16.1 Å². The molecule has 170 valence electrons. The summed E-state index contributed by atoms with van der Waals surface area (Å²) in [5, 5.41) is 11.1. The number of aliphatic hydroxyl groups excluding tert-OH is 1. The van der Waals surface area contributed by atoms with Crippen LogP contribution in [0.25, 0.3) is 5.76 Å². The number of aryl methyl sites for hydroxylation is 1. The van der Waals surface area contributed by atoms with Crippen LogP contribution >= 0.6 is 0 Å². The van der Waals surface area contributed by atoms with E-state index in [-0.39, 0.29) is 11.3 Å². The minimum atomic E-state index is -0.708. The van der Waals surface area contributed by atoms with Crippen LogP contribution in [0.3, 0.4) is 0 Å². The Balaban J connectivity index is 1.72. The zero-order chi connectivity index (χ0) is 23.4. The van der Waals surface area contributed by atoms with E-state index in [4.69, 9.17) is 9.47 Å². The van der Waals surface area contributed by atoms with E-state index < -0.39 is 17.7 Å². The van der Waals surface area contributed by atoms with Crippen molar-refractivity contribution in [2.75, 3.05) is 20.8 Å². The topological polar surface area (TPSA) is 93.9 Å². The highest BCUT2D eigenvalue weighted by Crippen LogP contribution is 2.40. The molecule has 2 heterocycles. The number of amides is 1. The van der Waals surface area contributed by atoms with Gasteiger partial charge in [-0.2, -0.15) is 0 Å². The van der Waals surface area contributed by atoms with Crippen LogP contribution in [0.1, 0.15) is 23.6 Å². The molecule has 8 nitrogen and oxygen atoms in total. The van der Waals surface area contributed by atoms with Crippen LogP contribution in [0, 0.1) is 0 Å². The van der Waals surface area contributed by atoms with Gasteiger partial charge in [0.05, 0.1) is 32.2 Å². The molecule has 3 aromatic rings. The second kappa shape index (κ2) is 9.60. The van der Waals surface area contributed by atoms with E-state index in [2.05, 4.69) is 4.98 Å². The maximum Gasteiger partial charge on any atom is 0.295 e. The van der Waals surface area contributed by atoms with Crippen molar-refractivity contribution >= 4 is 17.4 Å². The lowest BCUT2D eigenvalue weighted by molar-refractivity contribution is -0.139. The van der Waals surface area contributed by atoms with Crippen molar-refractivity contribution < 1.29 is 24.2 Å². The van der Waals surface area contributed by atoms with Crippen molar-refractivity contribution in [3.05, 3.63) is 84.0 Å². The molecular weight excluding hydrogens is 422 g/mol. The third-order valence-electron chi connectivity index (χ3n) is 5.71. The first-order chi connectivity index (χ1) is 16.0. The number of hydrogen-bond donors (Lipinski definition) is 1. The summed E-state index contributed by atoms with van der Waals surface area (Å²) in [4.78, 5) is 31.6. The lowest BCUT2D eigenvalue weighted by atomic mass is 9.95. The van der Waals surface area contributed by atoms with E-state index in [0.717, 1.165) is 0 Å². The predicted molar refractivity (Wildman–Crippen MR) is 122 cm³/mol. The van der Waals surface area contributed by atoms with E-state index in [1.54, 1.807) is 75.3 Å². The molecule has 8 heteroatoms. The number of aromatic nitrogens is 2. The second-order valence-electron chi connectivity index (χ2n) is 7.65. The Morgan fingerprint density at radius 3 is 2.18 bits per heavy atom. The summed E-state index contributed by atoms with van der Waals surface area (Å²) in [5.41, 5.74) is 1.22. The number of nitrogens with zero attached hydrogens (tertiary/aromatic N) is 3. The standard InChI is InChI=1S/C25H25N3O5/c1-32-19-8-4-17(5-9-19)22-21(23(29)18-6-10-20(33-2)11-7-18)24(30)25(31)28(22)14-3-13-27-15-12-26-16-27/h4-12,15-16,22,29H,3,13-14H2,1-2H3/b23-21+. The Kier molecular flexibility index (Phi) is 6.44. The van der Waals surface area contributed by atoms with Crippen LogP contribution < -0.4 is 9.47 Å². The molecule has 0 spiro atoms. The van der Waals surface area contributed by atoms with Gasteiger partial charge in [-0.25, -0.2) is 4.98 Å². The predicted octanol–water partition coefficient (Wildman–Crippen LogP) is 3.41. The van der Waals surface area contributed by atoms with Gasteiger partial charge in [0.15, 0.2) is 0 Å². The van der Waals surface area contributed by atoms with Gasteiger partial charge in [0.1, 0.15) is 17.3 Å². The number of methoxy groups -OCH3 is 2. The van der Waals surface area contributed by atoms with Gasteiger partial charge in [0, 0.05) is 31.0 Å². The van der Waals surface area contributed by atoms with Crippen molar-refractivity contribution in [1.29, 1.82) is 0 Å². The summed E-state index contributed by atoms with van der Waals surface area (Å²) in [5.74, 6) is -0.263. The van der Waals surface area contributed by atoms with Gasteiger partial charge in [-0.3, -0.25) is 9.59 Å². The van der Waals surface area contributed by atoms with Crippen LogP contribution in [0.15, 0.2) is 72.8 Å². The van der Waals surface area contributed by atoms with Crippen molar-refractivity contribution in [3.63, 3.8) is 0 Å². The maximum absolute atomic E-state index is 13.1. The number of Topliss-reactive ketones (excluding diaryl/α,β-unsaturated/α-hetero) is 1. The van der Waals surface area contributed by atoms with Crippen molar-refractivity contribution in [2.45, 2.75) is 19.0 Å². The molecule has 1 aliphatic rings. The van der Waals surface area contributed by atoms with Gasteiger partial charge in [0.25, 0.3) is 11.7 Å². The highest BCUT2D eigenvalue weighted by molar-refractivity contribution is 6.46. The van der Waals surface area contributed by atoms with Gasteiger partial charge < -0.3 is 24.0 Å². The number of aliphatic hydroxyl groups is 1. The van der Waals surface area contributed by atoms with Crippen LogP contribution in [0.5, 0.6) is 11.5 Å². The molecule has 1 aliphatic heterocycles. The Labute approximate surface area is 191 Å². The number of rotatable bonds is 8. The van der Waals surface area contributed by atoms with Crippen LogP contribution in [0.4, 0.5) is 0 Å². The number of ketones is 1. The molecule has 0 aliphatic carbocycles. The van der Waals surface area contributed by atoms with Crippen LogP contribution in [-0.4, -0.2) is 52.0 Å². The van der Waals surface area contributed by atoms with E-state index in [0.29, 0.717) is 42.1 Å². The largest absolute Gasteiger partial charge is 0.507 e. The monoisotopic (exact) mass is 447 g/mol. The average Bonchev–Trinajstić information content (AvgIpc) is 3.46. The van der Waals surface area contributed by atoms with E-state index in [9.17, 15) is 14.7 Å². The number of carbonyl (C=O) groups excluding carboxylic acids is 2. The third kappa shape index (κ3) is 4.45. The van der Waals surface area contributed by atoms with E-state index >= 15 is 0 Å². The van der Waals surface area contributed by atoms with Crippen molar-refractivity contribution in [3.8, 4) is 11.5 Å². The summed E-state index contributed by atoms with van der Waals surface area (Å²) in [6.45, 7) is 0.996. The molecule has 2 aromatic carbocycles.